The van der Waals surface area contributed by atoms with E-state index in [-0.39, 0.29) is 0 Å². The fourth-order valence-corrected chi connectivity index (χ4v) is 0.718. The van der Waals surface area contributed by atoms with Crippen LogP contribution in [0, 0.1) is 0 Å². The van der Waals surface area contributed by atoms with E-state index in [1.807, 2.05) is 13.0 Å². The zero-order valence-corrected chi connectivity index (χ0v) is 6.67. The quantitative estimate of drug-likeness (QED) is 0.618. The predicted molar refractivity (Wildman–Crippen MR) is 43.2 cm³/mol. The first-order valence-corrected chi connectivity index (χ1v) is 3.52. The lowest BCUT2D eigenvalue weighted by Crippen LogP contribution is -1.94. The van der Waals surface area contributed by atoms with Gasteiger partial charge in [0.25, 0.3) is 0 Å². The average molecular weight is 152 g/mol. The molecule has 0 N–H and O–H groups in total. The second kappa shape index (κ2) is 3.98. The van der Waals surface area contributed by atoms with Crippen molar-refractivity contribution in [3.05, 3.63) is 36.3 Å². The Hall–Kier alpha value is -1.02. The molecule has 1 aromatic heterocycles. The lowest BCUT2D eigenvalue weighted by atomic mass is 10.3. The molecule has 1 aromatic rings. The Balaban J connectivity index is 2.19. The fourth-order valence-electron chi connectivity index (χ4n) is 0.718. The van der Waals surface area contributed by atoms with Crippen LogP contribution in [0.3, 0.4) is 0 Å². The predicted octanol–water partition coefficient (Wildman–Crippen LogP) is 2.37. The maximum atomic E-state index is 5.28. The molecule has 11 heavy (non-hydrogen) atoms. The highest BCUT2D eigenvalue weighted by Gasteiger charge is 1.93. The molecule has 0 fully saturated rings. The van der Waals surface area contributed by atoms with Gasteiger partial charge in [-0.3, -0.25) is 0 Å². The van der Waals surface area contributed by atoms with Gasteiger partial charge in [0, 0.05) is 5.56 Å². The van der Waals surface area contributed by atoms with Crippen LogP contribution in [0.4, 0.5) is 0 Å². The highest BCUT2D eigenvalue weighted by Crippen LogP contribution is 2.02. The molecule has 60 valence electrons. The third kappa shape index (κ3) is 3.05. The highest BCUT2D eigenvalue weighted by molar-refractivity contribution is 5.03. The van der Waals surface area contributed by atoms with Crippen molar-refractivity contribution in [2.24, 2.45) is 0 Å². The summed E-state index contributed by atoms with van der Waals surface area (Å²) in [7, 11) is 0. The Morgan fingerprint density at radius 1 is 1.73 bits per heavy atom. The van der Waals surface area contributed by atoms with Crippen molar-refractivity contribution in [2.75, 3.05) is 6.61 Å². The second-order valence-electron chi connectivity index (χ2n) is 2.58. The Morgan fingerprint density at radius 3 is 3.09 bits per heavy atom. The topological polar surface area (TPSA) is 22.4 Å². The van der Waals surface area contributed by atoms with E-state index >= 15 is 0 Å². The highest BCUT2D eigenvalue weighted by atomic mass is 16.5. The normalized spacial score (nSPS) is 9.91. The molecule has 0 spiro atoms. The number of furan rings is 1. The zero-order valence-electron chi connectivity index (χ0n) is 6.67. The molecule has 0 saturated heterocycles. The summed E-state index contributed by atoms with van der Waals surface area (Å²) in [6, 6.07) is 1.89. The van der Waals surface area contributed by atoms with Crippen molar-refractivity contribution in [1.29, 1.82) is 0 Å². The fraction of sp³-hybridized carbons (Fsp3) is 0.333. The minimum atomic E-state index is 0.601. The summed E-state index contributed by atoms with van der Waals surface area (Å²) in [6.07, 6.45) is 3.32. The van der Waals surface area contributed by atoms with Gasteiger partial charge in [0.15, 0.2) is 0 Å². The van der Waals surface area contributed by atoms with Crippen molar-refractivity contribution in [3.63, 3.8) is 0 Å². The van der Waals surface area contributed by atoms with Gasteiger partial charge < -0.3 is 9.15 Å². The Labute approximate surface area is 66.5 Å². The van der Waals surface area contributed by atoms with Crippen molar-refractivity contribution >= 4 is 0 Å². The van der Waals surface area contributed by atoms with Crippen LogP contribution in [-0.4, -0.2) is 6.61 Å². The van der Waals surface area contributed by atoms with Crippen LogP contribution in [0.25, 0.3) is 0 Å². The molecule has 2 nitrogen and oxygen atoms in total. The van der Waals surface area contributed by atoms with E-state index in [2.05, 4.69) is 6.58 Å². The first-order chi connectivity index (χ1) is 5.29. The van der Waals surface area contributed by atoms with E-state index in [1.54, 1.807) is 12.5 Å². The zero-order chi connectivity index (χ0) is 8.10. The summed E-state index contributed by atoms with van der Waals surface area (Å²) in [4.78, 5) is 0. The average Bonchev–Trinajstić information content (AvgIpc) is 2.39. The Kier molecular flexibility index (Phi) is 2.93. The molecule has 0 aliphatic carbocycles. The molecular weight excluding hydrogens is 140 g/mol. The van der Waals surface area contributed by atoms with Gasteiger partial charge in [0.1, 0.15) is 0 Å². The van der Waals surface area contributed by atoms with E-state index < -0.39 is 0 Å². The van der Waals surface area contributed by atoms with E-state index in [9.17, 15) is 0 Å². The minimum Gasteiger partial charge on any atom is -0.472 e. The van der Waals surface area contributed by atoms with E-state index in [1.165, 1.54) is 0 Å². The summed E-state index contributed by atoms with van der Waals surface area (Å²) in [5, 5.41) is 0. The molecule has 1 rings (SSSR count). The lowest BCUT2D eigenvalue weighted by molar-refractivity contribution is 0.142. The number of hydrogen-bond acceptors (Lipinski definition) is 2. The molecule has 2 heteroatoms. The van der Waals surface area contributed by atoms with Crippen LogP contribution in [-0.2, 0) is 11.3 Å². The Bertz CT molecular complexity index is 211. The number of ether oxygens (including phenoxy) is 1. The Morgan fingerprint density at radius 2 is 2.55 bits per heavy atom. The van der Waals surface area contributed by atoms with E-state index in [4.69, 9.17) is 9.15 Å². The molecule has 0 atom stereocenters. The maximum absolute atomic E-state index is 5.28. The summed E-state index contributed by atoms with van der Waals surface area (Å²) in [5.74, 6) is 0. The third-order valence-electron chi connectivity index (χ3n) is 1.20. The molecule has 0 bridgehead atoms. The van der Waals surface area contributed by atoms with Crippen molar-refractivity contribution in [3.8, 4) is 0 Å². The molecule has 1 heterocycles. The van der Waals surface area contributed by atoms with Crippen molar-refractivity contribution < 1.29 is 9.15 Å². The van der Waals surface area contributed by atoms with Crippen LogP contribution >= 0.6 is 0 Å². The van der Waals surface area contributed by atoms with Gasteiger partial charge in [-0.1, -0.05) is 12.2 Å². The lowest BCUT2D eigenvalue weighted by Gasteiger charge is -1.99. The van der Waals surface area contributed by atoms with Crippen LogP contribution in [0.15, 0.2) is 35.2 Å². The largest absolute Gasteiger partial charge is 0.472 e. The van der Waals surface area contributed by atoms with Crippen LogP contribution < -0.4 is 0 Å². The van der Waals surface area contributed by atoms with Crippen molar-refractivity contribution in [2.45, 2.75) is 13.5 Å². The van der Waals surface area contributed by atoms with E-state index in [0.29, 0.717) is 13.2 Å². The molecule has 0 unspecified atom stereocenters. The van der Waals surface area contributed by atoms with Crippen LogP contribution in [0.1, 0.15) is 12.5 Å². The smallest absolute Gasteiger partial charge is 0.0957 e. The monoisotopic (exact) mass is 152 g/mol. The van der Waals surface area contributed by atoms with Crippen LogP contribution in [0.5, 0.6) is 0 Å². The molecule has 0 amide bonds. The first-order valence-electron chi connectivity index (χ1n) is 3.52. The van der Waals surface area contributed by atoms with Gasteiger partial charge >= 0.3 is 0 Å². The van der Waals surface area contributed by atoms with Crippen LogP contribution in [0.2, 0.25) is 0 Å². The molecule has 0 radical (unpaired) electrons. The molecule has 0 saturated carbocycles. The second-order valence-corrected chi connectivity index (χ2v) is 2.58. The number of rotatable bonds is 4. The van der Waals surface area contributed by atoms with Crippen molar-refractivity contribution in [1.82, 2.24) is 0 Å². The maximum Gasteiger partial charge on any atom is 0.0957 e. The minimum absolute atomic E-state index is 0.601. The molecule has 0 aromatic carbocycles. The number of hydrogen-bond donors (Lipinski definition) is 0. The van der Waals surface area contributed by atoms with Gasteiger partial charge in [0.2, 0.25) is 0 Å². The third-order valence-corrected chi connectivity index (χ3v) is 1.20. The van der Waals surface area contributed by atoms with Gasteiger partial charge in [0.05, 0.1) is 25.7 Å². The summed E-state index contributed by atoms with van der Waals surface area (Å²) in [6.45, 7) is 6.88. The molecular formula is C9H12O2. The molecule has 0 aliphatic heterocycles. The van der Waals surface area contributed by atoms with Gasteiger partial charge in [-0.2, -0.15) is 0 Å². The summed E-state index contributed by atoms with van der Waals surface area (Å²) >= 11 is 0. The standard InChI is InChI=1S/C9H12O2/c1-8(2)5-11-7-9-3-4-10-6-9/h3-4,6H,1,5,7H2,2H3. The van der Waals surface area contributed by atoms with Gasteiger partial charge in [-0.15, -0.1) is 0 Å². The SMILES string of the molecule is C=C(C)COCc1ccoc1. The van der Waals surface area contributed by atoms with Gasteiger partial charge in [-0.05, 0) is 13.0 Å². The first kappa shape index (κ1) is 8.08. The van der Waals surface area contributed by atoms with E-state index in [0.717, 1.165) is 11.1 Å². The summed E-state index contributed by atoms with van der Waals surface area (Å²) < 4.78 is 10.1. The molecule has 0 aliphatic rings. The summed E-state index contributed by atoms with van der Waals surface area (Å²) in [5.41, 5.74) is 2.10. The van der Waals surface area contributed by atoms with Gasteiger partial charge in [-0.25, -0.2) is 0 Å².